The molecule has 1 atom stereocenters. The normalized spacial score (nSPS) is 11.9. The number of hydrogen-bond acceptors (Lipinski definition) is 4. The van der Waals surface area contributed by atoms with Crippen LogP contribution in [0.15, 0.2) is 24.3 Å². The lowest BCUT2D eigenvalue weighted by molar-refractivity contribution is -0.139. The SMILES string of the molecule is CCOc1ccccc1OC[C@H](N)C(=O)O. The second-order valence-electron chi connectivity index (χ2n) is 3.14. The van der Waals surface area contributed by atoms with Crippen molar-refractivity contribution in [3.05, 3.63) is 24.3 Å². The number of nitrogens with two attached hydrogens (primary N) is 1. The fourth-order valence-corrected chi connectivity index (χ4v) is 1.10. The number of carboxylic acids is 1. The van der Waals surface area contributed by atoms with E-state index in [1.165, 1.54) is 0 Å². The second-order valence-corrected chi connectivity index (χ2v) is 3.14. The maximum absolute atomic E-state index is 10.5. The van der Waals surface area contributed by atoms with Crippen molar-refractivity contribution in [1.29, 1.82) is 0 Å². The third-order valence-electron chi connectivity index (χ3n) is 1.88. The van der Waals surface area contributed by atoms with Crippen molar-refractivity contribution in [1.82, 2.24) is 0 Å². The third kappa shape index (κ3) is 3.43. The molecule has 0 aromatic heterocycles. The van der Waals surface area contributed by atoms with Crippen LogP contribution in [-0.2, 0) is 4.79 Å². The minimum absolute atomic E-state index is 0.0839. The molecule has 0 heterocycles. The Morgan fingerprint density at radius 1 is 1.38 bits per heavy atom. The lowest BCUT2D eigenvalue weighted by Gasteiger charge is -2.13. The first-order valence-corrected chi connectivity index (χ1v) is 4.98. The molecule has 0 aliphatic carbocycles. The summed E-state index contributed by atoms with van der Waals surface area (Å²) in [4.78, 5) is 10.5. The Kier molecular flexibility index (Phi) is 4.60. The van der Waals surface area contributed by atoms with Crippen molar-refractivity contribution < 1.29 is 19.4 Å². The average Bonchev–Trinajstić information content (AvgIpc) is 2.27. The summed E-state index contributed by atoms with van der Waals surface area (Å²) in [5.41, 5.74) is 5.32. The summed E-state index contributed by atoms with van der Waals surface area (Å²) in [7, 11) is 0. The zero-order chi connectivity index (χ0) is 12.0. The van der Waals surface area contributed by atoms with Gasteiger partial charge < -0.3 is 20.3 Å². The van der Waals surface area contributed by atoms with Gasteiger partial charge in [-0.05, 0) is 19.1 Å². The molecule has 0 fully saturated rings. The predicted molar refractivity (Wildman–Crippen MR) is 58.7 cm³/mol. The van der Waals surface area contributed by atoms with E-state index >= 15 is 0 Å². The Bertz CT molecular complexity index is 354. The highest BCUT2D eigenvalue weighted by Gasteiger charge is 2.13. The summed E-state index contributed by atoms with van der Waals surface area (Å²) in [5, 5.41) is 8.60. The number of carboxylic acid groups (broad SMARTS) is 1. The van der Waals surface area contributed by atoms with Gasteiger partial charge in [0.2, 0.25) is 0 Å². The zero-order valence-corrected chi connectivity index (χ0v) is 9.05. The topological polar surface area (TPSA) is 81.8 Å². The van der Waals surface area contributed by atoms with Crippen LogP contribution in [0.25, 0.3) is 0 Å². The van der Waals surface area contributed by atoms with Gasteiger partial charge in [0.25, 0.3) is 0 Å². The van der Waals surface area contributed by atoms with E-state index in [0.717, 1.165) is 0 Å². The molecule has 0 amide bonds. The molecule has 5 nitrogen and oxygen atoms in total. The molecule has 0 aliphatic rings. The predicted octanol–water partition coefficient (Wildman–Crippen LogP) is 0.876. The van der Waals surface area contributed by atoms with Crippen LogP contribution in [0.4, 0.5) is 0 Å². The number of aliphatic carboxylic acids is 1. The summed E-state index contributed by atoms with van der Waals surface area (Å²) >= 11 is 0. The number of hydrogen-bond donors (Lipinski definition) is 2. The van der Waals surface area contributed by atoms with E-state index in [0.29, 0.717) is 18.1 Å². The van der Waals surface area contributed by atoms with Crippen LogP contribution in [-0.4, -0.2) is 30.3 Å². The van der Waals surface area contributed by atoms with Crippen molar-refractivity contribution in [3.8, 4) is 11.5 Å². The molecule has 0 unspecified atom stereocenters. The molecule has 0 aliphatic heterocycles. The highest BCUT2D eigenvalue weighted by Crippen LogP contribution is 2.26. The Morgan fingerprint density at radius 3 is 2.44 bits per heavy atom. The number of ether oxygens (including phenoxy) is 2. The van der Waals surface area contributed by atoms with Crippen molar-refractivity contribution in [2.75, 3.05) is 13.2 Å². The molecule has 3 N–H and O–H groups in total. The number of para-hydroxylation sites is 2. The van der Waals surface area contributed by atoms with E-state index in [2.05, 4.69) is 0 Å². The van der Waals surface area contributed by atoms with Crippen LogP contribution in [0, 0.1) is 0 Å². The smallest absolute Gasteiger partial charge is 0.324 e. The molecule has 0 radical (unpaired) electrons. The van der Waals surface area contributed by atoms with Gasteiger partial charge >= 0.3 is 5.97 Å². The lowest BCUT2D eigenvalue weighted by Crippen LogP contribution is -2.36. The van der Waals surface area contributed by atoms with Gasteiger partial charge in [-0.15, -0.1) is 0 Å². The molecular formula is C11H15NO4. The molecule has 1 aromatic rings. The van der Waals surface area contributed by atoms with Crippen molar-refractivity contribution in [2.45, 2.75) is 13.0 Å². The largest absolute Gasteiger partial charge is 0.490 e. The van der Waals surface area contributed by atoms with Crippen LogP contribution >= 0.6 is 0 Å². The van der Waals surface area contributed by atoms with E-state index in [1.54, 1.807) is 18.2 Å². The molecule has 1 rings (SSSR count). The molecule has 0 spiro atoms. The fourth-order valence-electron chi connectivity index (χ4n) is 1.10. The van der Waals surface area contributed by atoms with Crippen LogP contribution in [0.3, 0.4) is 0 Å². The Hall–Kier alpha value is -1.75. The molecule has 5 heteroatoms. The van der Waals surface area contributed by atoms with E-state index in [1.807, 2.05) is 13.0 Å². The Balaban J connectivity index is 2.62. The summed E-state index contributed by atoms with van der Waals surface area (Å²) in [5.74, 6) is -0.00229. The summed E-state index contributed by atoms with van der Waals surface area (Å²) in [6.45, 7) is 2.30. The van der Waals surface area contributed by atoms with Crippen molar-refractivity contribution in [3.63, 3.8) is 0 Å². The highest BCUT2D eigenvalue weighted by molar-refractivity contribution is 5.73. The minimum Gasteiger partial charge on any atom is -0.490 e. The van der Waals surface area contributed by atoms with Gasteiger partial charge in [-0.1, -0.05) is 12.1 Å². The first-order valence-electron chi connectivity index (χ1n) is 4.98. The molecule has 88 valence electrons. The van der Waals surface area contributed by atoms with Crippen LogP contribution in [0.5, 0.6) is 11.5 Å². The van der Waals surface area contributed by atoms with Gasteiger partial charge in [0.05, 0.1) is 6.61 Å². The summed E-state index contributed by atoms with van der Waals surface area (Å²) in [6, 6.07) is 6.03. The zero-order valence-electron chi connectivity index (χ0n) is 9.05. The maximum atomic E-state index is 10.5. The lowest BCUT2D eigenvalue weighted by atomic mass is 10.3. The standard InChI is InChI=1S/C11H15NO4/c1-2-15-9-5-3-4-6-10(9)16-7-8(12)11(13)14/h3-6,8H,2,7,12H2,1H3,(H,13,14)/t8-/m0/s1. The molecule has 0 saturated heterocycles. The molecule has 0 bridgehead atoms. The first-order chi connectivity index (χ1) is 7.65. The Labute approximate surface area is 93.8 Å². The average molecular weight is 225 g/mol. The second kappa shape index (κ2) is 5.97. The van der Waals surface area contributed by atoms with Gasteiger partial charge in [-0.2, -0.15) is 0 Å². The fraction of sp³-hybridized carbons (Fsp3) is 0.364. The van der Waals surface area contributed by atoms with Gasteiger partial charge in [0.1, 0.15) is 12.6 Å². The van der Waals surface area contributed by atoms with Crippen molar-refractivity contribution >= 4 is 5.97 Å². The quantitative estimate of drug-likeness (QED) is 0.750. The summed E-state index contributed by atoms with van der Waals surface area (Å²) < 4.78 is 10.6. The minimum atomic E-state index is -1.09. The van der Waals surface area contributed by atoms with Gasteiger partial charge in [-0.25, -0.2) is 0 Å². The van der Waals surface area contributed by atoms with Gasteiger partial charge in [-0.3, -0.25) is 4.79 Å². The van der Waals surface area contributed by atoms with E-state index in [4.69, 9.17) is 20.3 Å². The number of benzene rings is 1. The highest BCUT2D eigenvalue weighted by atomic mass is 16.5. The van der Waals surface area contributed by atoms with E-state index in [9.17, 15) is 4.79 Å². The molecular weight excluding hydrogens is 210 g/mol. The van der Waals surface area contributed by atoms with E-state index in [-0.39, 0.29) is 6.61 Å². The molecule has 1 aromatic carbocycles. The van der Waals surface area contributed by atoms with Gasteiger partial charge in [0.15, 0.2) is 11.5 Å². The Morgan fingerprint density at radius 2 is 1.94 bits per heavy atom. The van der Waals surface area contributed by atoms with Crippen LogP contribution < -0.4 is 15.2 Å². The monoisotopic (exact) mass is 225 g/mol. The molecule has 16 heavy (non-hydrogen) atoms. The van der Waals surface area contributed by atoms with Crippen LogP contribution in [0.2, 0.25) is 0 Å². The third-order valence-corrected chi connectivity index (χ3v) is 1.88. The number of rotatable bonds is 6. The van der Waals surface area contributed by atoms with E-state index < -0.39 is 12.0 Å². The van der Waals surface area contributed by atoms with Crippen LogP contribution in [0.1, 0.15) is 6.92 Å². The summed E-state index contributed by atoms with van der Waals surface area (Å²) in [6.07, 6.45) is 0. The maximum Gasteiger partial charge on any atom is 0.324 e. The molecule has 0 saturated carbocycles. The van der Waals surface area contributed by atoms with Gasteiger partial charge in [0, 0.05) is 0 Å². The number of carbonyl (C=O) groups is 1. The van der Waals surface area contributed by atoms with Crippen molar-refractivity contribution in [2.24, 2.45) is 5.73 Å². The first kappa shape index (κ1) is 12.3.